The van der Waals surface area contributed by atoms with Gasteiger partial charge in [-0.3, -0.25) is 0 Å². The average Bonchev–Trinajstić information content (AvgIpc) is 3.21. The van der Waals surface area contributed by atoms with Crippen LogP contribution in [-0.4, -0.2) is 49.9 Å². The van der Waals surface area contributed by atoms with E-state index in [1.165, 1.54) is 6.07 Å². The number of hydrogen-bond donors (Lipinski definition) is 1. The van der Waals surface area contributed by atoms with Crippen LogP contribution in [0.2, 0.25) is 0 Å². The normalized spacial score (nSPS) is 15.5. The summed E-state index contributed by atoms with van der Waals surface area (Å²) in [7, 11) is 0.433. The van der Waals surface area contributed by atoms with Gasteiger partial charge in [0.1, 0.15) is 16.8 Å². The average molecular weight is 480 g/mol. The number of hydrogen-bond acceptors (Lipinski definition) is 5. The van der Waals surface area contributed by atoms with Crippen LogP contribution in [0.15, 0.2) is 53.9 Å². The van der Waals surface area contributed by atoms with E-state index >= 15 is 0 Å². The molecule has 2 aromatic heterocycles. The highest BCUT2D eigenvalue weighted by atomic mass is 32.2. The van der Waals surface area contributed by atoms with Crippen molar-refractivity contribution in [2.24, 2.45) is 0 Å². The third-order valence-corrected chi connectivity index (χ3v) is 6.69. The first-order chi connectivity index (χ1) is 15.8. The SMILES string of the molecule is CCCN(C)S(=O)c1ccc(Nc2ccc(C(F)(F)F)cn2)c(-c2cn(C3COC3)cn2)c1. The fourth-order valence-electron chi connectivity index (χ4n) is 3.38. The molecule has 3 heterocycles. The first-order valence-electron chi connectivity index (χ1n) is 10.4. The third kappa shape index (κ3) is 5.26. The first kappa shape index (κ1) is 23.4. The lowest BCUT2D eigenvalue weighted by Crippen LogP contribution is -2.29. The molecule has 1 unspecified atom stereocenters. The van der Waals surface area contributed by atoms with Crippen molar-refractivity contribution >= 4 is 22.5 Å². The van der Waals surface area contributed by atoms with Gasteiger partial charge in [-0.1, -0.05) is 6.92 Å². The Morgan fingerprint density at radius 1 is 1.24 bits per heavy atom. The monoisotopic (exact) mass is 479 g/mol. The number of pyridine rings is 1. The minimum Gasteiger partial charge on any atom is -0.377 e. The molecule has 1 aromatic carbocycles. The number of nitrogens with one attached hydrogen (secondary N) is 1. The van der Waals surface area contributed by atoms with Crippen LogP contribution in [-0.2, 0) is 21.9 Å². The molecule has 0 radical (unpaired) electrons. The summed E-state index contributed by atoms with van der Waals surface area (Å²) in [6.07, 6.45) is 0.801. The number of ether oxygens (including phenoxy) is 1. The van der Waals surface area contributed by atoms with Gasteiger partial charge in [-0.05, 0) is 36.8 Å². The van der Waals surface area contributed by atoms with Crippen molar-refractivity contribution in [3.8, 4) is 11.3 Å². The minimum absolute atomic E-state index is 0.215. The van der Waals surface area contributed by atoms with Crippen molar-refractivity contribution in [2.75, 3.05) is 32.1 Å². The summed E-state index contributed by atoms with van der Waals surface area (Å²) in [5, 5.41) is 3.07. The highest BCUT2D eigenvalue weighted by molar-refractivity contribution is 7.82. The number of rotatable bonds is 8. The van der Waals surface area contributed by atoms with E-state index in [2.05, 4.69) is 15.3 Å². The second-order valence-corrected chi connectivity index (χ2v) is 9.35. The smallest absolute Gasteiger partial charge is 0.377 e. The first-order valence-corrected chi connectivity index (χ1v) is 11.6. The Balaban J connectivity index is 1.68. The third-order valence-electron chi connectivity index (χ3n) is 5.29. The second kappa shape index (κ2) is 9.62. The Morgan fingerprint density at radius 3 is 2.64 bits per heavy atom. The summed E-state index contributed by atoms with van der Waals surface area (Å²) >= 11 is 0. The summed E-state index contributed by atoms with van der Waals surface area (Å²) in [5.41, 5.74) is 1.09. The lowest BCUT2D eigenvalue weighted by atomic mass is 10.1. The van der Waals surface area contributed by atoms with Gasteiger partial charge in [0.05, 0.1) is 41.7 Å². The van der Waals surface area contributed by atoms with Gasteiger partial charge in [0.25, 0.3) is 0 Å². The van der Waals surface area contributed by atoms with Crippen LogP contribution >= 0.6 is 0 Å². The van der Waals surface area contributed by atoms with Crippen molar-refractivity contribution in [3.63, 3.8) is 0 Å². The molecule has 0 aliphatic carbocycles. The van der Waals surface area contributed by atoms with E-state index in [9.17, 15) is 17.4 Å². The van der Waals surface area contributed by atoms with Crippen LogP contribution in [0.3, 0.4) is 0 Å². The highest BCUT2D eigenvalue weighted by Crippen LogP contribution is 2.33. The number of imidazole rings is 1. The zero-order chi connectivity index (χ0) is 23.6. The van der Waals surface area contributed by atoms with Crippen LogP contribution in [0, 0.1) is 0 Å². The molecule has 0 amide bonds. The summed E-state index contributed by atoms with van der Waals surface area (Å²) in [4.78, 5) is 9.01. The molecular formula is C22H24F3N5O2S. The molecule has 0 saturated carbocycles. The number of alkyl halides is 3. The topological polar surface area (TPSA) is 72.3 Å². The minimum atomic E-state index is -4.45. The van der Waals surface area contributed by atoms with Gasteiger partial charge < -0.3 is 14.6 Å². The summed E-state index contributed by atoms with van der Waals surface area (Å²) in [6.45, 7) is 3.91. The van der Waals surface area contributed by atoms with Gasteiger partial charge in [-0.25, -0.2) is 18.5 Å². The van der Waals surface area contributed by atoms with E-state index in [1.807, 2.05) is 17.7 Å². The summed E-state index contributed by atoms with van der Waals surface area (Å²) < 4.78 is 60.5. The van der Waals surface area contributed by atoms with Crippen LogP contribution in [0.5, 0.6) is 0 Å². The van der Waals surface area contributed by atoms with E-state index in [0.29, 0.717) is 41.6 Å². The summed E-state index contributed by atoms with van der Waals surface area (Å²) in [5.74, 6) is 0.257. The maximum atomic E-state index is 12.9. The molecule has 7 nitrogen and oxygen atoms in total. The zero-order valence-electron chi connectivity index (χ0n) is 18.2. The molecule has 1 atom stereocenters. The molecule has 11 heteroatoms. The van der Waals surface area contributed by atoms with Gasteiger partial charge in [-0.2, -0.15) is 13.2 Å². The Labute approximate surface area is 192 Å². The van der Waals surface area contributed by atoms with Crippen LogP contribution in [0.4, 0.5) is 24.7 Å². The zero-order valence-corrected chi connectivity index (χ0v) is 19.0. The van der Waals surface area contributed by atoms with Crippen molar-refractivity contribution in [2.45, 2.75) is 30.5 Å². The summed E-state index contributed by atoms with van der Waals surface area (Å²) in [6, 6.07) is 7.73. The maximum Gasteiger partial charge on any atom is 0.417 e. The number of benzene rings is 1. The molecule has 1 aliphatic heterocycles. The predicted molar refractivity (Wildman–Crippen MR) is 119 cm³/mol. The Hall–Kier alpha value is -2.76. The molecule has 4 rings (SSSR count). The molecule has 0 spiro atoms. The molecule has 1 aliphatic rings. The Kier molecular flexibility index (Phi) is 6.82. The number of aromatic nitrogens is 3. The number of nitrogens with zero attached hydrogens (tertiary/aromatic N) is 4. The molecule has 1 N–H and O–H groups in total. The van der Waals surface area contributed by atoms with Gasteiger partial charge in [0.2, 0.25) is 0 Å². The molecule has 0 bridgehead atoms. The number of anilines is 2. The van der Waals surface area contributed by atoms with Crippen LogP contribution in [0.25, 0.3) is 11.3 Å². The van der Waals surface area contributed by atoms with E-state index < -0.39 is 22.7 Å². The van der Waals surface area contributed by atoms with Crippen LogP contribution in [0.1, 0.15) is 24.9 Å². The van der Waals surface area contributed by atoms with Crippen molar-refractivity contribution < 1.29 is 22.1 Å². The second-order valence-electron chi connectivity index (χ2n) is 7.76. The highest BCUT2D eigenvalue weighted by Gasteiger charge is 2.30. The Morgan fingerprint density at radius 2 is 2.03 bits per heavy atom. The molecule has 176 valence electrons. The van der Waals surface area contributed by atoms with Crippen LogP contribution < -0.4 is 5.32 Å². The standard InChI is InChI=1S/C22H24F3N5O2S/c1-3-8-29(2)33(31)17-5-6-19(28-21-7-4-15(10-26-21)22(23,24)25)18(9-17)20-11-30(14-27-20)16-12-32-13-16/h4-7,9-11,14,16H,3,8,12-13H2,1-2H3,(H,26,28). The molecule has 1 fully saturated rings. The van der Waals surface area contributed by atoms with E-state index in [1.54, 1.807) is 35.9 Å². The van der Waals surface area contributed by atoms with Gasteiger partial charge in [0, 0.05) is 37.2 Å². The molecule has 1 saturated heterocycles. The quantitative estimate of drug-likeness (QED) is 0.510. The van der Waals surface area contributed by atoms with Gasteiger partial charge >= 0.3 is 6.18 Å². The molecule has 33 heavy (non-hydrogen) atoms. The fourth-order valence-corrected chi connectivity index (χ4v) is 4.49. The van der Waals surface area contributed by atoms with E-state index in [4.69, 9.17) is 4.74 Å². The van der Waals surface area contributed by atoms with Crippen molar-refractivity contribution in [1.82, 2.24) is 18.8 Å². The lowest BCUT2D eigenvalue weighted by Gasteiger charge is -2.26. The van der Waals surface area contributed by atoms with Crippen molar-refractivity contribution in [1.29, 1.82) is 0 Å². The molecule has 3 aromatic rings. The predicted octanol–water partition coefficient (Wildman–Crippen LogP) is 4.64. The van der Waals surface area contributed by atoms with E-state index in [-0.39, 0.29) is 11.9 Å². The Bertz CT molecular complexity index is 1130. The van der Waals surface area contributed by atoms with Gasteiger partial charge in [0.15, 0.2) is 0 Å². The lowest BCUT2D eigenvalue weighted by molar-refractivity contribution is -0.137. The number of halogens is 3. The largest absolute Gasteiger partial charge is 0.417 e. The van der Waals surface area contributed by atoms with Gasteiger partial charge in [-0.15, -0.1) is 0 Å². The molecular weight excluding hydrogens is 455 g/mol. The van der Waals surface area contributed by atoms with Crippen molar-refractivity contribution in [3.05, 3.63) is 54.6 Å². The maximum absolute atomic E-state index is 12.9. The fraction of sp³-hybridized carbons (Fsp3) is 0.364. The van der Waals surface area contributed by atoms with E-state index in [0.717, 1.165) is 18.7 Å².